The molecule has 7 nitrogen and oxygen atoms in total. The number of hydrogen-bond acceptors (Lipinski definition) is 7. The van der Waals surface area contributed by atoms with E-state index in [9.17, 15) is 9.59 Å². The Morgan fingerprint density at radius 1 is 0.526 bits per heavy atom. The molecule has 0 atom stereocenters. The Labute approximate surface area is 112 Å². The molecule has 0 saturated carbocycles. The van der Waals surface area contributed by atoms with Gasteiger partial charge in [-0.05, 0) is 0 Å². The van der Waals surface area contributed by atoms with Crippen molar-refractivity contribution in [2.45, 2.75) is 12.8 Å². The van der Waals surface area contributed by atoms with E-state index < -0.39 is 11.9 Å². The highest BCUT2D eigenvalue weighted by Crippen LogP contribution is 1.96. The fourth-order valence-electron chi connectivity index (χ4n) is 1.32. The molecule has 1 rings (SSSR count). The van der Waals surface area contributed by atoms with Gasteiger partial charge in [0.15, 0.2) is 0 Å². The first kappa shape index (κ1) is 15.9. The van der Waals surface area contributed by atoms with E-state index in [0.29, 0.717) is 39.6 Å². The fraction of sp³-hybridized carbons (Fsp3) is 0.833. The summed E-state index contributed by atoms with van der Waals surface area (Å²) in [6, 6.07) is 0. The number of carbonyl (C=O) groups is 2. The first-order valence-corrected chi connectivity index (χ1v) is 6.33. The van der Waals surface area contributed by atoms with E-state index in [1.54, 1.807) is 0 Å². The third kappa shape index (κ3) is 9.40. The van der Waals surface area contributed by atoms with Crippen molar-refractivity contribution >= 4 is 11.9 Å². The van der Waals surface area contributed by atoms with Crippen LogP contribution in [0.25, 0.3) is 0 Å². The zero-order valence-electron chi connectivity index (χ0n) is 10.9. The highest BCUT2D eigenvalue weighted by molar-refractivity contribution is 5.77. The number of hydrogen-bond donors (Lipinski definition) is 0. The largest absolute Gasteiger partial charge is 0.463 e. The summed E-state index contributed by atoms with van der Waals surface area (Å²) in [5, 5.41) is 0. The molecular weight excluding hydrogens is 256 g/mol. The van der Waals surface area contributed by atoms with Crippen LogP contribution in [-0.4, -0.2) is 64.8 Å². The number of carbonyl (C=O) groups excluding carboxylic acids is 2. The Morgan fingerprint density at radius 3 is 1.21 bits per heavy atom. The third-order valence-electron chi connectivity index (χ3n) is 2.26. The number of esters is 2. The minimum absolute atomic E-state index is 0.0167. The second kappa shape index (κ2) is 10.7. The molecule has 0 aliphatic carbocycles. The van der Waals surface area contributed by atoms with Gasteiger partial charge in [-0.3, -0.25) is 9.59 Å². The van der Waals surface area contributed by atoms with Gasteiger partial charge in [-0.15, -0.1) is 0 Å². The van der Waals surface area contributed by atoms with Crippen molar-refractivity contribution in [1.82, 2.24) is 0 Å². The molecule has 0 bridgehead atoms. The van der Waals surface area contributed by atoms with Gasteiger partial charge in [-0.25, -0.2) is 0 Å². The molecule has 1 fully saturated rings. The maximum absolute atomic E-state index is 11.2. The summed E-state index contributed by atoms with van der Waals surface area (Å²) in [5.41, 5.74) is 0. The van der Waals surface area contributed by atoms with Crippen molar-refractivity contribution in [3.8, 4) is 0 Å². The summed E-state index contributed by atoms with van der Waals surface area (Å²) >= 11 is 0. The second-order valence-electron chi connectivity index (χ2n) is 3.78. The average Bonchev–Trinajstić information content (AvgIpc) is 2.41. The summed E-state index contributed by atoms with van der Waals surface area (Å²) < 4.78 is 25.4. The van der Waals surface area contributed by atoms with E-state index >= 15 is 0 Å². The summed E-state index contributed by atoms with van der Waals surface area (Å²) in [6.07, 6.45) is 0.0333. The molecule has 1 aliphatic rings. The molecule has 0 N–H and O–H groups in total. The van der Waals surface area contributed by atoms with Gasteiger partial charge in [0.05, 0.1) is 52.5 Å². The predicted octanol–water partition coefficient (Wildman–Crippen LogP) is -0.0836. The highest BCUT2D eigenvalue weighted by atomic mass is 16.6. The first-order valence-electron chi connectivity index (χ1n) is 6.33. The van der Waals surface area contributed by atoms with E-state index in [1.165, 1.54) is 0 Å². The maximum Gasteiger partial charge on any atom is 0.306 e. The van der Waals surface area contributed by atoms with Gasteiger partial charge < -0.3 is 23.7 Å². The van der Waals surface area contributed by atoms with Gasteiger partial charge in [0, 0.05) is 0 Å². The van der Waals surface area contributed by atoms with Gasteiger partial charge in [0.1, 0.15) is 13.2 Å². The zero-order chi connectivity index (χ0) is 13.8. The van der Waals surface area contributed by atoms with Crippen LogP contribution in [-0.2, 0) is 33.3 Å². The van der Waals surface area contributed by atoms with Crippen LogP contribution in [0.4, 0.5) is 0 Å². The molecule has 1 aliphatic heterocycles. The van der Waals surface area contributed by atoms with Crippen molar-refractivity contribution in [3.63, 3.8) is 0 Å². The van der Waals surface area contributed by atoms with E-state index in [1.807, 2.05) is 0 Å². The molecule has 0 aromatic rings. The minimum atomic E-state index is -0.433. The quantitative estimate of drug-likeness (QED) is 0.572. The molecule has 0 aromatic heterocycles. The predicted molar refractivity (Wildman–Crippen MR) is 63.6 cm³/mol. The maximum atomic E-state index is 11.2. The summed E-state index contributed by atoms with van der Waals surface area (Å²) in [6.45, 7) is 2.80. The normalized spacial score (nSPS) is 22.1. The first-order chi connectivity index (χ1) is 9.29. The van der Waals surface area contributed by atoms with Gasteiger partial charge in [-0.2, -0.15) is 0 Å². The van der Waals surface area contributed by atoms with Crippen molar-refractivity contribution in [1.29, 1.82) is 0 Å². The lowest BCUT2D eigenvalue weighted by Crippen LogP contribution is -2.15. The Morgan fingerprint density at radius 2 is 0.842 bits per heavy atom. The summed E-state index contributed by atoms with van der Waals surface area (Å²) in [7, 11) is 0. The highest BCUT2D eigenvalue weighted by Gasteiger charge is 2.09. The Balaban J connectivity index is 2.22. The third-order valence-corrected chi connectivity index (χ3v) is 2.26. The molecule has 0 spiro atoms. The molecule has 0 aromatic carbocycles. The van der Waals surface area contributed by atoms with Crippen molar-refractivity contribution in [3.05, 3.63) is 0 Å². The zero-order valence-corrected chi connectivity index (χ0v) is 10.9. The number of ether oxygens (including phenoxy) is 5. The molecule has 1 heterocycles. The lowest BCUT2D eigenvalue weighted by molar-refractivity contribution is -0.151. The molecule has 7 heteroatoms. The summed E-state index contributed by atoms with van der Waals surface area (Å²) in [4.78, 5) is 22.5. The second-order valence-corrected chi connectivity index (χ2v) is 3.78. The van der Waals surface area contributed by atoms with Crippen LogP contribution in [0.3, 0.4) is 0 Å². The van der Waals surface area contributed by atoms with Crippen LogP contribution in [0, 0.1) is 0 Å². The van der Waals surface area contributed by atoms with Crippen LogP contribution < -0.4 is 0 Å². The SMILES string of the molecule is O=C1CCC(=O)OCCOCCOCCOCCO1. The Bertz CT molecular complexity index is 241. The van der Waals surface area contributed by atoms with Crippen molar-refractivity contribution < 1.29 is 33.3 Å². The van der Waals surface area contributed by atoms with E-state index in [-0.39, 0.29) is 26.1 Å². The molecular formula is C12H20O7. The monoisotopic (exact) mass is 276 g/mol. The van der Waals surface area contributed by atoms with Crippen molar-refractivity contribution in [2.24, 2.45) is 0 Å². The molecule has 0 amide bonds. The molecule has 1 saturated heterocycles. The number of cyclic esters (lactones) is 2. The van der Waals surface area contributed by atoms with E-state index in [4.69, 9.17) is 23.7 Å². The summed E-state index contributed by atoms with van der Waals surface area (Å²) in [5.74, 6) is -0.866. The minimum Gasteiger partial charge on any atom is -0.463 e. The van der Waals surface area contributed by atoms with Gasteiger partial charge >= 0.3 is 11.9 Å². The van der Waals surface area contributed by atoms with Crippen LogP contribution in [0.1, 0.15) is 12.8 Å². The lowest BCUT2D eigenvalue weighted by Gasteiger charge is -2.06. The van der Waals surface area contributed by atoms with E-state index in [2.05, 4.69) is 0 Å². The number of rotatable bonds is 0. The standard InChI is InChI=1S/C12H20O7/c13-11-1-2-12(14)19-10-8-17-6-4-15-3-5-16-7-9-18-11/h1-10H2. The smallest absolute Gasteiger partial charge is 0.306 e. The lowest BCUT2D eigenvalue weighted by atomic mass is 10.3. The van der Waals surface area contributed by atoms with Crippen LogP contribution >= 0.6 is 0 Å². The van der Waals surface area contributed by atoms with Crippen LogP contribution in [0.5, 0.6) is 0 Å². The topological polar surface area (TPSA) is 80.3 Å². The Kier molecular flexibility index (Phi) is 8.95. The van der Waals surface area contributed by atoms with Crippen LogP contribution in [0.15, 0.2) is 0 Å². The molecule has 19 heavy (non-hydrogen) atoms. The van der Waals surface area contributed by atoms with Crippen molar-refractivity contribution in [2.75, 3.05) is 52.9 Å². The van der Waals surface area contributed by atoms with Gasteiger partial charge in [0.2, 0.25) is 0 Å². The van der Waals surface area contributed by atoms with Gasteiger partial charge in [-0.1, -0.05) is 0 Å². The molecule has 110 valence electrons. The molecule has 0 radical (unpaired) electrons. The molecule has 0 unspecified atom stereocenters. The van der Waals surface area contributed by atoms with Crippen LogP contribution in [0.2, 0.25) is 0 Å². The average molecular weight is 276 g/mol. The van der Waals surface area contributed by atoms with Gasteiger partial charge in [0.25, 0.3) is 0 Å². The Hall–Kier alpha value is -1.18. The fourth-order valence-corrected chi connectivity index (χ4v) is 1.32. The van der Waals surface area contributed by atoms with E-state index in [0.717, 1.165) is 0 Å².